The van der Waals surface area contributed by atoms with Crippen LogP contribution in [0.5, 0.6) is 0 Å². The van der Waals surface area contributed by atoms with Crippen LogP contribution in [0.1, 0.15) is 45.7 Å². The van der Waals surface area contributed by atoms with Gasteiger partial charge in [0.25, 0.3) is 0 Å². The Kier molecular flexibility index (Phi) is 12.4. The largest absolute Gasteiger partial charge is 0.481 e. The molecule has 0 aliphatic carbocycles. The van der Waals surface area contributed by atoms with E-state index < -0.39 is 78.0 Å². The van der Waals surface area contributed by atoms with Gasteiger partial charge in [-0.2, -0.15) is 0 Å². The van der Waals surface area contributed by atoms with E-state index >= 15 is 0 Å². The van der Waals surface area contributed by atoms with Crippen LogP contribution in [0.2, 0.25) is 0 Å². The minimum atomic E-state index is -1.67. The number of aliphatic carboxylic acids is 2. The number of nitrogens with one attached hydrogen (secondary N) is 5. The van der Waals surface area contributed by atoms with Crippen LogP contribution >= 0.6 is 0 Å². The minimum Gasteiger partial charge on any atom is -0.481 e. The average molecular weight is 540 g/mol. The Morgan fingerprint density at radius 1 is 0.921 bits per heavy atom. The number of nitrogens with zero attached hydrogens (tertiary/aromatic N) is 1. The summed E-state index contributed by atoms with van der Waals surface area (Å²) < 4.78 is 0. The van der Waals surface area contributed by atoms with Crippen molar-refractivity contribution in [1.82, 2.24) is 31.2 Å². The number of carboxylic acid groups (broad SMARTS) is 2. The molecule has 5 amide bonds. The van der Waals surface area contributed by atoms with Crippen molar-refractivity contribution in [3.05, 3.63) is 18.2 Å². The zero-order valence-electron chi connectivity index (χ0n) is 21.1. The molecule has 0 aliphatic heterocycles. The molecule has 1 aromatic rings. The molecule has 0 aliphatic rings. The fourth-order valence-electron chi connectivity index (χ4n) is 3.32. The van der Waals surface area contributed by atoms with Gasteiger partial charge in [0, 0.05) is 26.0 Å². The summed E-state index contributed by atoms with van der Waals surface area (Å²) >= 11 is 0. The number of primary amides is 1. The van der Waals surface area contributed by atoms with Gasteiger partial charge in [-0.15, -0.1) is 0 Å². The van der Waals surface area contributed by atoms with Crippen LogP contribution in [-0.2, 0) is 40.0 Å². The summed E-state index contributed by atoms with van der Waals surface area (Å²) in [7, 11) is 0. The zero-order valence-corrected chi connectivity index (χ0v) is 21.1. The molecule has 210 valence electrons. The maximum atomic E-state index is 13.0. The first-order valence-corrected chi connectivity index (χ1v) is 11.6. The Bertz CT molecular complexity index is 1030. The highest BCUT2D eigenvalue weighted by Crippen LogP contribution is 2.07. The van der Waals surface area contributed by atoms with E-state index in [9.17, 15) is 43.8 Å². The second-order valence-electron chi connectivity index (χ2n) is 8.81. The van der Waals surface area contributed by atoms with Crippen molar-refractivity contribution in [3.8, 4) is 0 Å². The molecule has 0 saturated carbocycles. The number of carboxylic acids is 2. The van der Waals surface area contributed by atoms with Crippen molar-refractivity contribution in [1.29, 1.82) is 0 Å². The highest BCUT2D eigenvalue weighted by Gasteiger charge is 2.33. The van der Waals surface area contributed by atoms with E-state index in [4.69, 9.17) is 5.73 Å². The molecule has 4 atom stereocenters. The summed E-state index contributed by atoms with van der Waals surface area (Å²) in [6.45, 7) is 4.25. The smallest absolute Gasteiger partial charge is 0.326 e. The summed E-state index contributed by atoms with van der Waals surface area (Å²) in [6.07, 6.45) is 1.31. The molecule has 16 nitrogen and oxygen atoms in total. The molecule has 1 aromatic heterocycles. The molecule has 1 heterocycles. The summed E-state index contributed by atoms with van der Waals surface area (Å²) in [5, 5.41) is 27.9. The van der Waals surface area contributed by atoms with Crippen molar-refractivity contribution >= 4 is 41.5 Å². The van der Waals surface area contributed by atoms with Gasteiger partial charge in [0.1, 0.15) is 24.2 Å². The maximum Gasteiger partial charge on any atom is 0.326 e. The Morgan fingerprint density at radius 3 is 2.00 bits per heavy atom. The molecular formula is C22H33N7O9. The number of hydrogen-bond donors (Lipinski definition) is 8. The third kappa shape index (κ3) is 11.0. The molecule has 9 N–H and O–H groups in total. The molecule has 0 unspecified atom stereocenters. The SMILES string of the molecule is CC(=O)N[C@@H](CCC(N)=O)C(=O)N[C@@H](CC(=O)O)C(=O)N[C@H](C(=O)N[C@@H](Cc1c[nH]cn1)C(=O)O)C(C)C. The van der Waals surface area contributed by atoms with Crippen LogP contribution in [-0.4, -0.2) is 85.8 Å². The molecule has 0 fully saturated rings. The van der Waals surface area contributed by atoms with Crippen LogP contribution in [0.15, 0.2) is 12.5 Å². The first-order valence-electron chi connectivity index (χ1n) is 11.6. The van der Waals surface area contributed by atoms with Crippen LogP contribution in [0.25, 0.3) is 0 Å². The first-order chi connectivity index (χ1) is 17.7. The highest BCUT2D eigenvalue weighted by atomic mass is 16.4. The van der Waals surface area contributed by atoms with Crippen molar-refractivity contribution in [3.63, 3.8) is 0 Å². The topological polar surface area (TPSA) is 263 Å². The quantitative estimate of drug-likeness (QED) is 0.108. The average Bonchev–Trinajstić information content (AvgIpc) is 3.31. The molecule has 0 spiro atoms. The van der Waals surface area contributed by atoms with Crippen molar-refractivity contribution < 1.29 is 43.8 Å². The summed E-state index contributed by atoms with van der Waals surface area (Å²) in [5.41, 5.74) is 5.46. The van der Waals surface area contributed by atoms with Gasteiger partial charge in [0.05, 0.1) is 18.4 Å². The monoisotopic (exact) mass is 539 g/mol. The lowest BCUT2D eigenvalue weighted by molar-refractivity contribution is -0.143. The van der Waals surface area contributed by atoms with Gasteiger partial charge >= 0.3 is 11.9 Å². The molecule has 0 saturated heterocycles. The molecule has 0 bridgehead atoms. The lowest BCUT2D eigenvalue weighted by Crippen LogP contribution is -2.59. The number of hydrogen-bond acceptors (Lipinski definition) is 8. The number of amides is 5. The van der Waals surface area contributed by atoms with E-state index in [2.05, 4.69) is 31.2 Å². The highest BCUT2D eigenvalue weighted by molar-refractivity contribution is 5.96. The predicted octanol–water partition coefficient (Wildman–Crippen LogP) is -2.61. The predicted molar refractivity (Wildman–Crippen MR) is 129 cm³/mol. The normalized spacial score (nSPS) is 13.9. The molecule has 0 radical (unpaired) electrons. The summed E-state index contributed by atoms with van der Waals surface area (Å²) in [5.74, 6) is -7.56. The number of carbonyl (C=O) groups excluding carboxylic acids is 5. The Hall–Kier alpha value is -4.50. The number of aromatic nitrogens is 2. The lowest BCUT2D eigenvalue weighted by atomic mass is 10.0. The van der Waals surface area contributed by atoms with E-state index in [-0.39, 0.29) is 19.3 Å². The van der Waals surface area contributed by atoms with Crippen molar-refractivity contribution in [2.24, 2.45) is 11.7 Å². The molecule has 0 aromatic carbocycles. The Labute approximate surface area is 217 Å². The Morgan fingerprint density at radius 2 is 1.53 bits per heavy atom. The standard InChI is InChI=1S/C22H33N7O9/c1-10(2)18(21(36)28-15(22(37)38)6-12-8-24-9-25-12)29-20(35)14(7-17(32)33)27-19(34)13(26-11(3)30)4-5-16(23)31/h8-10,13-15,18H,4-7H2,1-3H3,(H2,23,31)(H,24,25)(H,26,30)(H,27,34)(H,28,36)(H,29,35)(H,32,33)(H,37,38)/t13-,14-,15-,18-/m0/s1. The number of nitrogens with two attached hydrogens (primary N) is 1. The minimum absolute atomic E-state index is 0.142. The molecule has 1 rings (SSSR count). The van der Waals surface area contributed by atoms with Gasteiger partial charge in [-0.3, -0.25) is 28.8 Å². The van der Waals surface area contributed by atoms with Gasteiger partial charge in [0.15, 0.2) is 0 Å². The second kappa shape index (κ2) is 14.9. The van der Waals surface area contributed by atoms with Crippen LogP contribution in [0.4, 0.5) is 0 Å². The van der Waals surface area contributed by atoms with Gasteiger partial charge in [-0.25, -0.2) is 9.78 Å². The van der Waals surface area contributed by atoms with E-state index in [0.29, 0.717) is 5.69 Å². The Balaban J connectivity index is 3.03. The van der Waals surface area contributed by atoms with Crippen LogP contribution < -0.4 is 27.0 Å². The number of aromatic amines is 1. The first kappa shape index (κ1) is 31.5. The molecular weight excluding hydrogens is 506 g/mol. The van der Waals surface area contributed by atoms with E-state index in [0.717, 1.165) is 6.92 Å². The van der Waals surface area contributed by atoms with E-state index in [1.807, 2.05) is 0 Å². The number of H-pyrrole nitrogens is 1. The fourth-order valence-corrected chi connectivity index (χ4v) is 3.32. The fraction of sp³-hybridized carbons (Fsp3) is 0.545. The van der Waals surface area contributed by atoms with Crippen LogP contribution in [0, 0.1) is 5.92 Å². The van der Waals surface area contributed by atoms with Crippen molar-refractivity contribution in [2.45, 2.75) is 70.6 Å². The van der Waals surface area contributed by atoms with Gasteiger partial charge < -0.3 is 42.2 Å². The zero-order chi connectivity index (χ0) is 29.0. The number of imidazole rings is 1. The second-order valence-corrected chi connectivity index (χ2v) is 8.81. The summed E-state index contributed by atoms with van der Waals surface area (Å²) in [6, 6.07) is -5.62. The lowest BCUT2D eigenvalue weighted by Gasteiger charge is -2.27. The summed E-state index contributed by atoms with van der Waals surface area (Å²) in [4.78, 5) is 90.7. The van der Waals surface area contributed by atoms with Gasteiger partial charge in [-0.05, 0) is 12.3 Å². The molecule has 16 heteroatoms. The molecule has 38 heavy (non-hydrogen) atoms. The number of carbonyl (C=O) groups is 7. The van der Waals surface area contributed by atoms with E-state index in [1.165, 1.54) is 12.5 Å². The van der Waals surface area contributed by atoms with Gasteiger partial charge in [-0.1, -0.05) is 13.8 Å². The van der Waals surface area contributed by atoms with Crippen molar-refractivity contribution in [2.75, 3.05) is 0 Å². The van der Waals surface area contributed by atoms with E-state index in [1.54, 1.807) is 13.8 Å². The third-order valence-corrected chi connectivity index (χ3v) is 5.21. The van der Waals surface area contributed by atoms with Crippen LogP contribution in [0.3, 0.4) is 0 Å². The van der Waals surface area contributed by atoms with Gasteiger partial charge in [0.2, 0.25) is 29.5 Å². The number of rotatable bonds is 16. The maximum absolute atomic E-state index is 13.0. The third-order valence-electron chi connectivity index (χ3n) is 5.21.